The monoisotopic (exact) mass is 296 g/mol. The number of alkyl halides is 3. The smallest absolute Gasteiger partial charge is 0.422 e. The predicted octanol–water partition coefficient (Wildman–Crippen LogP) is 3.70. The van der Waals surface area contributed by atoms with E-state index in [1.165, 1.54) is 12.1 Å². The molecule has 4 nitrogen and oxygen atoms in total. The molecule has 2 rings (SSSR count). The molecule has 21 heavy (non-hydrogen) atoms. The number of furan rings is 1. The standard InChI is InChI=1S/C14H11F3N2O2/c15-14(16,17)9-20-13-4-2-1-3-12(13)19-8-11-6-5-10(7-18)21-11/h1-6,19H,8-9H2. The van der Waals surface area contributed by atoms with Crippen LogP contribution in [0.5, 0.6) is 5.75 Å². The van der Waals surface area contributed by atoms with Crippen LogP contribution < -0.4 is 10.1 Å². The number of nitrogens with zero attached hydrogens (tertiary/aromatic N) is 1. The van der Waals surface area contributed by atoms with E-state index in [0.29, 0.717) is 11.4 Å². The van der Waals surface area contributed by atoms with E-state index in [9.17, 15) is 13.2 Å². The number of nitrogens with one attached hydrogen (secondary N) is 1. The highest BCUT2D eigenvalue weighted by molar-refractivity contribution is 5.56. The lowest BCUT2D eigenvalue weighted by atomic mass is 10.3. The van der Waals surface area contributed by atoms with Gasteiger partial charge in [0, 0.05) is 0 Å². The molecule has 1 aromatic carbocycles. The first-order valence-corrected chi connectivity index (χ1v) is 5.99. The summed E-state index contributed by atoms with van der Waals surface area (Å²) in [6.45, 7) is -1.13. The van der Waals surface area contributed by atoms with Crippen LogP contribution in [0.25, 0.3) is 0 Å². The molecule has 0 radical (unpaired) electrons. The minimum atomic E-state index is -4.39. The molecule has 2 aromatic rings. The summed E-state index contributed by atoms with van der Waals surface area (Å²) in [4.78, 5) is 0. The molecule has 0 amide bonds. The van der Waals surface area contributed by atoms with Crippen molar-refractivity contribution in [3.05, 3.63) is 47.9 Å². The zero-order chi connectivity index (χ0) is 15.3. The van der Waals surface area contributed by atoms with E-state index in [2.05, 4.69) is 5.32 Å². The van der Waals surface area contributed by atoms with Gasteiger partial charge in [-0.3, -0.25) is 0 Å². The molecule has 1 heterocycles. The molecule has 1 N–H and O–H groups in total. The van der Waals surface area contributed by atoms with Crippen LogP contribution in [-0.4, -0.2) is 12.8 Å². The van der Waals surface area contributed by atoms with Gasteiger partial charge in [-0.25, -0.2) is 0 Å². The number of halogens is 3. The lowest BCUT2D eigenvalue weighted by Gasteiger charge is -2.13. The average molecular weight is 296 g/mol. The van der Waals surface area contributed by atoms with Gasteiger partial charge in [0.25, 0.3) is 0 Å². The zero-order valence-electron chi connectivity index (χ0n) is 10.8. The normalized spacial score (nSPS) is 11.0. The van der Waals surface area contributed by atoms with E-state index in [-0.39, 0.29) is 18.1 Å². The highest BCUT2D eigenvalue weighted by atomic mass is 19.4. The molecule has 0 aliphatic heterocycles. The summed E-state index contributed by atoms with van der Waals surface area (Å²) in [5, 5.41) is 11.5. The van der Waals surface area contributed by atoms with E-state index < -0.39 is 12.8 Å². The van der Waals surface area contributed by atoms with Crippen molar-refractivity contribution >= 4 is 5.69 Å². The average Bonchev–Trinajstić information content (AvgIpc) is 2.91. The molecule has 110 valence electrons. The second kappa shape index (κ2) is 6.22. The van der Waals surface area contributed by atoms with Crippen molar-refractivity contribution < 1.29 is 22.3 Å². The Hall–Kier alpha value is -2.62. The molecule has 0 saturated carbocycles. The quantitative estimate of drug-likeness (QED) is 0.914. The van der Waals surface area contributed by atoms with Crippen molar-refractivity contribution in [2.24, 2.45) is 0 Å². The van der Waals surface area contributed by atoms with Crippen LogP contribution in [0.4, 0.5) is 18.9 Å². The van der Waals surface area contributed by atoms with Crippen molar-refractivity contribution in [2.45, 2.75) is 12.7 Å². The number of nitriles is 1. The van der Waals surface area contributed by atoms with E-state index in [1.807, 2.05) is 6.07 Å². The van der Waals surface area contributed by atoms with Gasteiger partial charge in [0.05, 0.1) is 12.2 Å². The maximum Gasteiger partial charge on any atom is 0.422 e. The molecule has 0 aliphatic carbocycles. The van der Waals surface area contributed by atoms with Gasteiger partial charge in [-0.15, -0.1) is 0 Å². The molecule has 1 aromatic heterocycles. The topological polar surface area (TPSA) is 58.2 Å². The van der Waals surface area contributed by atoms with Crippen LogP contribution in [0.1, 0.15) is 11.5 Å². The zero-order valence-corrected chi connectivity index (χ0v) is 10.8. The largest absolute Gasteiger partial charge is 0.482 e. The molecular weight excluding hydrogens is 285 g/mol. The van der Waals surface area contributed by atoms with Crippen molar-refractivity contribution in [1.82, 2.24) is 0 Å². The first-order chi connectivity index (χ1) is 9.98. The number of hydrogen-bond acceptors (Lipinski definition) is 4. The first kappa shape index (κ1) is 14.8. The second-order valence-corrected chi connectivity index (χ2v) is 4.13. The van der Waals surface area contributed by atoms with Gasteiger partial charge in [-0.05, 0) is 24.3 Å². The van der Waals surface area contributed by atoms with Gasteiger partial charge in [-0.1, -0.05) is 12.1 Å². The predicted molar refractivity (Wildman–Crippen MR) is 68.7 cm³/mol. The molecule has 0 bridgehead atoms. The number of hydrogen-bond donors (Lipinski definition) is 1. The number of rotatable bonds is 5. The van der Waals surface area contributed by atoms with Gasteiger partial charge in [0.15, 0.2) is 6.61 Å². The van der Waals surface area contributed by atoms with Crippen LogP contribution >= 0.6 is 0 Å². The Balaban J connectivity index is 2.01. The molecule has 0 fully saturated rings. The third-order valence-electron chi connectivity index (χ3n) is 2.50. The van der Waals surface area contributed by atoms with Gasteiger partial charge < -0.3 is 14.5 Å². The molecule has 0 unspecified atom stereocenters. The van der Waals surface area contributed by atoms with Gasteiger partial charge in [0.1, 0.15) is 17.6 Å². The van der Waals surface area contributed by atoms with Crippen molar-refractivity contribution in [3.63, 3.8) is 0 Å². The number of para-hydroxylation sites is 2. The minimum Gasteiger partial charge on any atom is -0.482 e. The third-order valence-corrected chi connectivity index (χ3v) is 2.50. The van der Waals surface area contributed by atoms with Crippen molar-refractivity contribution in [3.8, 4) is 11.8 Å². The second-order valence-electron chi connectivity index (χ2n) is 4.13. The van der Waals surface area contributed by atoms with Crippen LogP contribution in [0, 0.1) is 11.3 Å². The van der Waals surface area contributed by atoms with E-state index >= 15 is 0 Å². The molecule has 0 aliphatic rings. The van der Waals surface area contributed by atoms with Crippen LogP contribution in [-0.2, 0) is 6.54 Å². The number of benzene rings is 1. The lowest BCUT2D eigenvalue weighted by molar-refractivity contribution is -0.153. The Morgan fingerprint density at radius 3 is 2.62 bits per heavy atom. The van der Waals surface area contributed by atoms with Gasteiger partial charge >= 0.3 is 6.18 Å². The number of ether oxygens (including phenoxy) is 1. The van der Waals surface area contributed by atoms with E-state index in [0.717, 1.165) is 0 Å². The Bertz CT molecular complexity index is 644. The van der Waals surface area contributed by atoms with E-state index in [4.69, 9.17) is 14.4 Å². The van der Waals surface area contributed by atoms with Crippen LogP contribution in [0.2, 0.25) is 0 Å². The summed E-state index contributed by atoms with van der Waals surface area (Å²) < 4.78 is 46.4. The van der Waals surface area contributed by atoms with Crippen molar-refractivity contribution in [1.29, 1.82) is 5.26 Å². The van der Waals surface area contributed by atoms with Gasteiger partial charge in [-0.2, -0.15) is 18.4 Å². The Kier molecular flexibility index (Phi) is 4.38. The molecular formula is C14H11F3N2O2. The van der Waals surface area contributed by atoms with Crippen LogP contribution in [0.3, 0.4) is 0 Å². The fraction of sp³-hybridized carbons (Fsp3) is 0.214. The fourth-order valence-corrected chi connectivity index (χ4v) is 1.61. The minimum absolute atomic E-state index is 0.0990. The summed E-state index contributed by atoms with van der Waals surface area (Å²) in [5.74, 6) is 0.771. The summed E-state index contributed by atoms with van der Waals surface area (Å²) in [6.07, 6.45) is -4.39. The Morgan fingerprint density at radius 1 is 1.19 bits per heavy atom. The summed E-state index contributed by atoms with van der Waals surface area (Å²) in [6, 6.07) is 11.3. The van der Waals surface area contributed by atoms with Crippen LogP contribution in [0.15, 0.2) is 40.8 Å². The third kappa shape index (κ3) is 4.45. The highest BCUT2D eigenvalue weighted by Crippen LogP contribution is 2.26. The maximum atomic E-state index is 12.2. The highest BCUT2D eigenvalue weighted by Gasteiger charge is 2.28. The molecule has 7 heteroatoms. The summed E-state index contributed by atoms with van der Waals surface area (Å²) >= 11 is 0. The van der Waals surface area contributed by atoms with Gasteiger partial charge in [0.2, 0.25) is 5.76 Å². The summed E-state index contributed by atoms with van der Waals surface area (Å²) in [5.41, 5.74) is 0.414. The molecule has 0 atom stereocenters. The first-order valence-electron chi connectivity index (χ1n) is 5.99. The Labute approximate surface area is 118 Å². The molecule has 0 saturated heterocycles. The van der Waals surface area contributed by atoms with Crippen molar-refractivity contribution in [2.75, 3.05) is 11.9 Å². The summed E-state index contributed by atoms with van der Waals surface area (Å²) in [7, 11) is 0. The Morgan fingerprint density at radius 2 is 1.95 bits per heavy atom. The molecule has 0 spiro atoms. The number of anilines is 1. The fourth-order valence-electron chi connectivity index (χ4n) is 1.61. The maximum absolute atomic E-state index is 12.2. The lowest BCUT2D eigenvalue weighted by Crippen LogP contribution is -2.19. The van der Waals surface area contributed by atoms with E-state index in [1.54, 1.807) is 24.3 Å². The SMILES string of the molecule is N#Cc1ccc(CNc2ccccc2OCC(F)(F)F)o1.